The van der Waals surface area contributed by atoms with Crippen LogP contribution in [0.5, 0.6) is 0 Å². The average Bonchev–Trinajstić information content (AvgIpc) is 2.67. The Hall–Kier alpha value is -3.75. The van der Waals surface area contributed by atoms with Gasteiger partial charge in [0.2, 0.25) is 29.5 Å². The zero-order valence-electron chi connectivity index (χ0n) is 16.7. The Morgan fingerprint density at radius 1 is 0.871 bits per heavy atom. The van der Waals surface area contributed by atoms with Crippen molar-refractivity contribution in [2.45, 2.75) is 44.3 Å². The smallest absolute Gasteiger partial charge is 0.326 e. The second-order valence-corrected chi connectivity index (χ2v) is 6.33. The Labute approximate surface area is 176 Å². The molecule has 5 amide bonds. The van der Waals surface area contributed by atoms with Gasteiger partial charge in [-0.25, -0.2) is 4.79 Å². The third-order valence-electron chi connectivity index (χ3n) is 3.70. The van der Waals surface area contributed by atoms with Crippen LogP contribution in [-0.2, 0) is 33.6 Å². The van der Waals surface area contributed by atoms with E-state index in [1.165, 1.54) is 6.92 Å². The van der Waals surface area contributed by atoms with E-state index in [2.05, 4.69) is 21.3 Å². The molecule has 0 rings (SSSR count). The molecule has 0 aliphatic heterocycles. The van der Waals surface area contributed by atoms with Gasteiger partial charge in [-0.05, 0) is 13.3 Å². The molecule has 0 aliphatic carbocycles. The molecule has 0 unspecified atom stereocenters. The van der Waals surface area contributed by atoms with Crippen molar-refractivity contribution in [2.75, 3.05) is 13.1 Å². The van der Waals surface area contributed by atoms with Crippen molar-refractivity contribution in [2.24, 2.45) is 11.5 Å². The molecule has 0 bridgehead atoms. The standard InChI is InChI=1S/C16H26N6O9/c1-7(20-11(24)5-17)14(28)22-9(4-13(26)27)15(29)19-6-12(25)21-8(16(30)31)2-3-10(18)23/h7-9H,2-6,17H2,1H3,(H2,18,23)(H,19,29)(H,20,24)(H,21,25)(H,22,28)(H,26,27)(H,30,31)/t7-,8-,9-/m0/s1. The van der Waals surface area contributed by atoms with Crippen molar-refractivity contribution in [1.82, 2.24) is 21.3 Å². The van der Waals surface area contributed by atoms with Crippen molar-refractivity contribution >= 4 is 41.5 Å². The summed E-state index contributed by atoms with van der Waals surface area (Å²) in [6.07, 6.45) is -1.39. The van der Waals surface area contributed by atoms with Gasteiger partial charge >= 0.3 is 11.9 Å². The lowest BCUT2D eigenvalue weighted by Gasteiger charge is -2.20. The third-order valence-corrected chi connectivity index (χ3v) is 3.70. The molecular formula is C16H26N6O9. The van der Waals surface area contributed by atoms with Gasteiger partial charge in [0.25, 0.3) is 0 Å². The van der Waals surface area contributed by atoms with E-state index in [0.717, 1.165) is 0 Å². The van der Waals surface area contributed by atoms with Gasteiger partial charge in [0, 0.05) is 6.42 Å². The number of amides is 5. The number of nitrogens with two attached hydrogens (primary N) is 2. The minimum atomic E-state index is -1.58. The van der Waals surface area contributed by atoms with Crippen molar-refractivity contribution in [3.8, 4) is 0 Å². The molecule has 15 nitrogen and oxygen atoms in total. The first-order chi connectivity index (χ1) is 14.4. The van der Waals surface area contributed by atoms with E-state index in [4.69, 9.17) is 21.7 Å². The van der Waals surface area contributed by atoms with E-state index in [1.54, 1.807) is 0 Å². The second kappa shape index (κ2) is 13.5. The number of aliphatic carboxylic acids is 2. The molecule has 0 aliphatic rings. The Balaban J connectivity index is 4.89. The number of carboxylic acids is 2. The Morgan fingerprint density at radius 3 is 1.97 bits per heavy atom. The first-order valence-electron chi connectivity index (χ1n) is 8.97. The predicted molar refractivity (Wildman–Crippen MR) is 102 cm³/mol. The Morgan fingerprint density at radius 2 is 1.48 bits per heavy atom. The van der Waals surface area contributed by atoms with Gasteiger partial charge in [-0.15, -0.1) is 0 Å². The summed E-state index contributed by atoms with van der Waals surface area (Å²) < 4.78 is 0. The van der Waals surface area contributed by atoms with Crippen LogP contribution in [0, 0.1) is 0 Å². The van der Waals surface area contributed by atoms with Crippen LogP contribution in [0.2, 0.25) is 0 Å². The number of carboxylic acid groups (broad SMARTS) is 2. The molecule has 0 saturated heterocycles. The van der Waals surface area contributed by atoms with Gasteiger partial charge < -0.3 is 42.9 Å². The van der Waals surface area contributed by atoms with Crippen LogP contribution in [0.1, 0.15) is 26.2 Å². The second-order valence-electron chi connectivity index (χ2n) is 6.33. The maximum absolute atomic E-state index is 12.2. The number of carbonyl (C=O) groups is 7. The van der Waals surface area contributed by atoms with Crippen LogP contribution >= 0.6 is 0 Å². The van der Waals surface area contributed by atoms with Crippen molar-refractivity contribution in [3.05, 3.63) is 0 Å². The van der Waals surface area contributed by atoms with Gasteiger partial charge in [0.1, 0.15) is 18.1 Å². The van der Waals surface area contributed by atoms with Gasteiger partial charge in [-0.3, -0.25) is 28.8 Å². The van der Waals surface area contributed by atoms with E-state index < -0.39 is 72.6 Å². The SMILES string of the molecule is C[C@H](NC(=O)CN)C(=O)N[C@@H](CC(=O)O)C(=O)NCC(=O)N[C@@H](CCC(N)=O)C(=O)O. The molecule has 0 aromatic carbocycles. The van der Waals surface area contributed by atoms with Crippen LogP contribution in [0.15, 0.2) is 0 Å². The van der Waals surface area contributed by atoms with Crippen LogP contribution < -0.4 is 32.7 Å². The lowest BCUT2D eigenvalue weighted by atomic mass is 10.1. The fraction of sp³-hybridized carbons (Fsp3) is 0.562. The van der Waals surface area contributed by atoms with E-state index in [0.29, 0.717) is 0 Å². The van der Waals surface area contributed by atoms with Crippen molar-refractivity contribution in [1.29, 1.82) is 0 Å². The molecule has 0 saturated carbocycles. The lowest BCUT2D eigenvalue weighted by molar-refractivity contribution is -0.143. The first-order valence-corrected chi connectivity index (χ1v) is 8.97. The third kappa shape index (κ3) is 11.7. The van der Waals surface area contributed by atoms with Gasteiger partial charge in [0.05, 0.1) is 19.5 Å². The zero-order valence-corrected chi connectivity index (χ0v) is 16.7. The predicted octanol–water partition coefficient (Wildman–Crippen LogP) is -4.64. The molecule has 0 spiro atoms. The molecular weight excluding hydrogens is 420 g/mol. The zero-order chi connectivity index (χ0) is 24.1. The lowest BCUT2D eigenvalue weighted by Crippen LogP contribution is -2.55. The Kier molecular flexibility index (Phi) is 11.8. The fourth-order valence-electron chi connectivity index (χ4n) is 2.13. The van der Waals surface area contributed by atoms with E-state index in [9.17, 15) is 33.6 Å². The monoisotopic (exact) mass is 446 g/mol. The summed E-state index contributed by atoms with van der Waals surface area (Å²) in [7, 11) is 0. The highest BCUT2D eigenvalue weighted by atomic mass is 16.4. The molecule has 31 heavy (non-hydrogen) atoms. The number of hydrogen-bond donors (Lipinski definition) is 8. The summed E-state index contributed by atoms with van der Waals surface area (Å²) in [6, 6.07) is -4.14. The molecule has 0 fully saturated rings. The quantitative estimate of drug-likeness (QED) is 0.126. The average molecular weight is 446 g/mol. The minimum absolute atomic E-state index is 0.269. The summed E-state index contributed by atoms with van der Waals surface area (Å²) in [5.74, 6) is -7.11. The molecule has 0 radical (unpaired) electrons. The Bertz CT molecular complexity index is 726. The molecule has 0 heterocycles. The van der Waals surface area contributed by atoms with E-state index in [1.807, 2.05) is 0 Å². The molecule has 3 atom stereocenters. The van der Waals surface area contributed by atoms with Crippen LogP contribution in [0.4, 0.5) is 0 Å². The first kappa shape index (κ1) is 27.2. The van der Waals surface area contributed by atoms with Crippen LogP contribution in [0.3, 0.4) is 0 Å². The van der Waals surface area contributed by atoms with E-state index in [-0.39, 0.29) is 19.4 Å². The summed E-state index contributed by atoms with van der Waals surface area (Å²) in [4.78, 5) is 80.2. The van der Waals surface area contributed by atoms with Gasteiger partial charge in [-0.2, -0.15) is 0 Å². The molecule has 0 aromatic heterocycles. The van der Waals surface area contributed by atoms with Gasteiger partial charge in [-0.1, -0.05) is 0 Å². The molecule has 10 N–H and O–H groups in total. The summed E-state index contributed by atoms with van der Waals surface area (Å²) in [6.45, 7) is 0.164. The summed E-state index contributed by atoms with van der Waals surface area (Å²) >= 11 is 0. The normalized spacial score (nSPS) is 13.1. The fourth-order valence-corrected chi connectivity index (χ4v) is 2.13. The van der Waals surface area contributed by atoms with Crippen LogP contribution in [0.25, 0.3) is 0 Å². The topological polar surface area (TPSA) is 260 Å². The number of nitrogens with one attached hydrogen (secondary N) is 4. The molecule has 0 aromatic rings. The summed E-state index contributed by atoms with van der Waals surface area (Å²) in [5.41, 5.74) is 10.0. The minimum Gasteiger partial charge on any atom is -0.481 e. The van der Waals surface area contributed by atoms with Gasteiger partial charge in [0.15, 0.2) is 0 Å². The largest absolute Gasteiger partial charge is 0.481 e. The molecule has 15 heteroatoms. The van der Waals surface area contributed by atoms with Crippen LogP contribution in [-0.4, -0.2) is 82.9 Å². The number of hydrogen-bond acceptors (Lipinski definition) is 8. The maximum Gasteiger partial charge on any atom is 0.326 e. The highest BCUT2D eigenvalue weighted by Gasteiger charge is 2.27. The number of carbonyl (C=O) groups excluding carboxylic acids is 5. The van der Waals surface area contributed by atoms with Crippen molar-refractivity contribution in [3.63, 3.8) is 0 Å². The number of primary amides is 1. The van der Waals surface area contributed by atoms with E-state index >= 15 is 0 Å². The summed E-state index contributed by atoms with van der Waals surface area (Å²) in [5, 5.41) is 26.4. The number of rotatable bonds is 14. The highest BCUT2D eigenvalue weighted by Crippen LogP contribution is 1.98. The molecule has 174 valence electrons. The highest BCUT2D eigenvalue weighted by molar-refractivity contribution is 5.95. The maximum atomic E-state index is 12.2. The van der Waals surface area contributed by atoms with Crippen molar-refractivity contribution < 1.29 is 43.8 Å².